The molecule has 0 amide bonds. The van der Waals surface area contributed by atoms with Crippen molar-refractivity contribution in [2.75, 3.05) is 0 Å². The van der Waals surface area contributed by atoms with Crippen molar-refractivity contribution in [2.24, 2.45) is 0 Å². The Bertz CT molecular complexity index is 449. The van der Waals surface area contributed by atoms with Gasteiger partial charge in [0.25, 0.3) is 0 Å². The van der Waals surface area contributed by atoms with Crippen LogP contribution in [-0.2, 0) is 0 Å². The molecule has 1 heterocycles. The van der Waals surface area contributed by atoms with Gasteiger partial charge < -0.3 is 4.98 Å². The lowest BCUT2D eigenvalue weighted by molar-refractivity contribution is 0.871. The summed E-state index contributed by atoms with van der Waals surface area (Å²) >= 11 is 0. The minimum atomic E-state index is 0. The minimum absolute atomic E-state index is 0. The third-order valence-corrected chi connectivity index (χ3v) is 2.89. The number of aromatic nitrogens is 2. The van der Waals surface area contributed by atoms with Crippen LogP contribution in [0.25, 0.3) is 0 Å². The molecule has 1 aromatic heterocycles. The second kappa shape index (κ2) is 5.17. The molecule has 3 heteroatoms. The summed E-state index contributed by atoms with van der Waals surface area (Å²) in [6.07, 6.45) is 3.63. The molecular formula is C13H17ClN2. The average Bonchev–Trinajstić information content (AvgIpc) is 2.74. The maximum Gasteiger partial charge on any atom is 0.0921 e. The standard InChI is InChI=1S/C13H16N2.ClH/c1-9-4-5-10(2)12(6-9)11(3)13-7-14-8-15-13;/h4-8,11H,1-3H3,(H,14,15);1H. The fourth-order valence-corrected chi connectivity index (χ4v) is 1.90. The maximum atomic E-state index is 4.07. The van der Waals surface area contributed by atoms with E-state index in [1.807, 2.05) is 6.20 Å². The van der Waals surface area contributed by atoms with Crippen molar-refractivity contribution in [1.29, 1.82) is 0 Å². The van der Waals surface area contributed by atoms with Crippen LogP contribution in [0.3, 0.4) is 0 Å². The van der Waals surface area contributed by atoms with E-state index in [1.54, 1.807) is 6.33 Å². The SMILES string of the molecule is Cc1ccc(C)c(C(C)c2cnc[nH]2)c1.Cl. The summed E-state index contributed by atoms with van der Waals surface area (Å²) in [5.41, 5.74) is 5.19. The van der Waals surface area contributed by atoms with Gasteiger partial charge in [-0.1, -0.05) is 30.7 Å². The topological polar surface area (TPSA) is 28.7 Å². The largest absolute Gasteiger partial charge is 0.348 e. The molecule has 1 N–H and O–H groups in total. The first-order valence-corrected chi connectivity index (χ1v) is 5.24. The zero-order chi connectivity index (χ0) is 10.8. The van der Waals surface area contributed by atoms with E-state index in [-0.39, 0.29) is 12.4 Å². The predicted molar refractivity (Wildman–Crippen MR) is 69.3 cm³/mol. The highest BCUT2D eigenvalue weighted by atomic mass is 35.5. The molecule has 2 nitrogen and oxygen atoms in total. The van der Waals surface area contributed by atoms with Gasteiger partial charge in [-0.3, -0.25) is 0 Å². The molecule has 1 aromatic carbocycles. The molecule has 0 spiro atoms. The molecule has 0 aliphatic rings. The summed E-state index contributed by atoms with van der Waals surface area (Å²) in [4.78, 5) is 7.24. The number of imidazole rings is 1. The molecule has 0 radical (unpaired) electrons. The van der Waals surface area contributed by atoms with Gasteiger partial charge in [0, 0.05) is 17.8 Å². The summed E-state index contributed by atoms with van der Waals surface area (Å²) < 4.78 is 0. The fraction of sp³-hybridized carbons (Fsp3) is 0.308. The Morgan fingerprint density at radius 1 is 1.25 bits per heavy atom. The molecule has 0 aliphatic heterocycles. The second-order valence-corrected chi connectivity index (χ2v) is 4.09. The van der Waals surface area contributed by atoms with Crippen molar-refractivity contribution >= 4 is 12.4 Å². The van der Waals surface area contributed by atoms with Crippen LogP contribution in [0, 0.1) is 13.8 Å². The summed E-state index contributed by atoms with van der Waals surface area (Å²) in [5, 5.41) is 0. The molecule has 0 saturated carbocycles. The van der Waals surface area contributed by atoms with Crippen LogP contribution < -0.4 is 0 Å². The Balaban J connectivity index is 0.00000128. The highest BCUT2D eigenvalue weighted by Crippen LogP contribution is 2.25. The zero-order valence-electron chi connectivity index (χ0n) is 9.82. The van der Waals surface area contributed by atoms with Gasteiger partial charge in [-0.15, -0.1) is 12.4 Å². The number of aromatic amines is 1. The van der Waals surface area contributed by atoms with E-state index < -0.39 is 0 Å². The molecule has 1 unspecified atom stereocenters. The number of benzene rings is 1. The van der Waals surface area contributed by atoms with E-state index >= 15 is 0 Å². The number of nitrogens with one attached hydrogen (secondary N) is 1. The van der Waals surface area contributed by atoms with Crippen LogP contribution in [0.4, 0.5) is 0 Å². The molecule has 0 saturated heterocycles. The summed E-state index contributed by atoms with van der Waals surface area (Å²) in [5.74, 6) is 0.382. The van der Waals surface area contributed by atoms with E-state index in [0.29, 0.717) is 5.92 Å². The predicted octanol–water partition coefficient (Wildman–Crippen LogP) is 3.60. The Morgan fingerprint density at radius 3 is 2.62 bits per heavy atom. The van der Waals surface area contributed by atoms with Gasteiger partial charge in [0.05, 0.1) is 6.33 Å². The lowest BCUT2D eigenvalue weighted by Gasteiger charge is -2.13. The van der Waals surface area contributed by atoms with Crippen LogP contribution in [-0.4, -0.2) is 9.97 Å². The average molecular weight is 237 g/mol. The lowest BCUT2D eigenvalue weighted by atomic mass is 9.93. The van der Waals surface area contributed by atoms with Gasteiger partial charge in [-0.2, -0.15) is 0 Å². The van der Waals surface area contributed by atoms with Crippen molar-refractivity contribution in [3.63, 3.8) is 0 Å². The number of H-pyrrole nitrogens is 1. The Kier molecular flexibility index (Phi) is 4.13. The van der Waals surface area contributed by atoms with E-state index in [0.717, 1.165) is 0 Å². The lowest BCUT2D eigenvalue weighted by Crippen LogP contribution is -1.99. The minimum Gasteiger partial charge on any atom is -0.348 e. The van der Waals surface area contributed by atoms with E-state index in [1.165, 1.54) is 22.4 Å². The highest BCUT2D eigenvalue weighted by molar-refractivity contribution is 5.85. The molecule has 0 bridgehead atoms. The third-order valence-electron chi connectivity index (χ3n) is 2.89. The first-order chi connectivity index (χ1) is 7.18. The number of nitrogens with zero attached hydrogens (tertiary/aromatic N) is 1. The number of rotatable bonds is 2. The van der Waals surface area contributed by atoms with Gasteiger partial charge in [-0.05, 0) is 25.0 Å². The first kappa shape index (κ1) is 12.8. The number of halogens is 1. The molecule has 1 atom stereocenters. The number of hydrogen-bond acceptors (Lipinski definition) is 1. The number of hydrogen-bond donors (Lipinski definition) is 1. The van der Waals surface area contributed by atoms with Crippen molar-refractivity contribution in [3.05, 3.63) is 53.1 Å². The van der Waals surface area contributed by atoms with Gasteiger partial charge in [0.1, 0.15) is 0 Å². The molecule has 2 aromatic rings. The van der Waals surface area contributed by atoms with Crippen molar-refractivity contribution in [2.45, 2.75) is 26.7 Å². The van der Waals surface area contributed by atoms with Crippen LogP contribution in [0.2, 0.25) is 0 Å². The fourth-order valence-electron chi connectivity index (χ4n) is 1.90. The Labute approximate surface area is 103 Å². The third kappa shape index (κ3) is 2.45. The summed E-state index contributed by atoms with van der Waals surface area (Å²) in [7, 11) is 0. The molecule has 0 fully saturated rings. The maximum absolute atomic E-state index is 4.07. The van der Waals surface area contributed by atoms with Crippen LogP contribution >= 0.6 is 12.4 Å². The molecule has 0 aliphatic carbocycles. The monoisotopic (exact) mass is 236 g/mol. The van der Waals surface area contributed by atoms with Crippen molar-refractivity contribution < 1.29 is 0 Å². The molecular weight excluding hydrogens is 220 g/mol. The quantitative estimate of drug-likeness (QED) is 0.848. The Hall–Kier alpha value is -1.28. The highest BCUT2D eigenvalue weighted by Gasteiger charge is 2.11. The van der Waals surface area contributed by atoms with Crippen LogP contribution in [0.1, 0.15) is 35.2 Å². The normalized spacial score (nSPS) is 11.9. The molecule has 16 heavy (non-hydrogen) atoms. The smallest absolute Gasteiger partial charge is 0.0921 e. The second-order valence-electron chi connectivity index (χ2n) is 4.09. The summed E-state index contributed by atoms with van der Waals surface area (Å²) in [6.45, 7) is 6.49. The summed E-state index contributed by atoms with van der Waals surface area (Å²) in [6, 6.07) is 6.58. The van der Waals surface area contributed by atoms with Crippen molar-refractivity contribution in [1.82, 2.24) is 9.97 Å². The Morgan fingerprint density at radius 2 is 2.00 bits per heavy atom. The van der Waals surface area contributed by atoms with Crippen LogP contribution in [0.5, 0.6) is 0 Å². The first-order valence-electron chi connectivity index (χ1n) is 5.24. The number of aryl methyl sites for hydroxylation is 2. The van der Waals surface area contributed by atoms with Gasteiger partial charge >= 0.3 is 0 Å². The zero-order valence-corrected chi connectivity index (χ0v) is 10.6. The molecule has 86 valence electrons. The van der Waals surface area contributed by atoms with Crippen molar-refractivity contribution in [3.8, 4) is 0 Å². The van der Waals surface area contributed by atoms with Gasteiger partial charge in [0.2, 0.25) is 0 Å². The van der Waals surface area contributed by atoms with Crippen LogP contribution in [0.15, 0.2) is 30.7 Å². The van der Waals surface area contributed by atoms with E-state index in [4.69, 9.17) is 0 Å². The van der Waals surface area contributed by atoms with Gasteiger partial charge in [0.15, 0.2) is 0 Å². The molecule has 2 rings (SSSR count). The van der Waals surface area contributed by atoms with E-state index in [2.05, 4.69) is 48.9 Å². The van der Waals surface area contributed by atoms with E-state index in [9.17, 15) is 0 Å². The van der Waals surface area contributed by atoms with Gasteiger partial charge in [-0.25, -0.2) is 4.98 Å².